The Hall–Kier alpha value is -1.70. The zero-order chi connectivity index (χ0) is 9.26. The van der Waals surface area contributed by atoms with Crippen LogP contribution in [0.2, 0.25) is 0 Å². The van der Waals surface area contributed by atoms with Crippen LogP contribution in [0.25, 0.3) is 17.0 Å². The molecule has 66 valence electrons. The maximum Gasteiger partial charge on any atom is 0.0460 e. The topological polar surface area (TPSA) is 41.8 Å². The maximum absolute atomic E-state index is 5.62. The van der Waals surface area contributed by atoms with Gasteiger partial charge in [0.25, 0.3) is 0 Å². The van der Waals surface area contributed by atoms with Crippen molar-refractivity contribution in [1.29, 1.82) is 0 Å². The second-order valence-corrected chi connectivity index (χ2v) is 3.18. The van der Waals surface area contributed by atoms with Gasteiger partial charge >= 0.3 is 0 Å². The zero-order valence-corrected chi connectivity index (χ0v) is 7.54. The zero-order valence-electron chi connectivity index (χ0n) is 7.54. The molecule has 0 bridgehead atoms. The Morgan fingerprint density at radius 3 is 2.92 bits per heavy atom. The van der Waals surface area contributed by atoms with Crippen LogP contribution in [0.15, 0.2) is 36.2 Å². The van der Waals surface area contributed by atoms with Crippen molar-refractivity contribution in [2.45, 2.75) is 6.92 Å². The summed E-state index contributed by atoms with van der Waals surface area (Å²) in [5.41, 5.74) is 8.74. The van der Waals surface area contributed by atoms with Gasteiger partial charge in [0.2, 0.25) is 0 Å². The highest BCUT2D eigenvalue weighted by Crippen LogP contribution is 2.19. The summed E-state index contributed by atoms with van der Waals surface area (Å²) < 4.78 is 0. The first-order valence-electron chi connectivity index (χ1n) is 4.27. The van der Waals surface area contributed by atoms with Crippen LogP contribution >= 0.6 is 0 Å². The predicted octanol–water partition coefficient (Wildman–Crippen LogP) is 2.49. The largest absolute Gasteiger partial charge is 0.402 e. The fraction of sp³-hybridized carbons (Fsp3) is 0.0909. The molecule has 0 saturated heterocycles. The first-order valence-corrected chi connectivity index (χ1v) is 4.27. The van der Waals surface area contributed by atoms with Gasteiger partial charge in [0, 0.05) is 28.4 Å². The van der Waals surface area contributed by atoms with Gasteiger partial charge in [-0.15, -0.1) is 0 Å². The van der Waals surface area contributed by atoms with E-state index in [4.69, 9.17) is 5.73 Å². The van der Waals surface area contributed by atoms with Crippen LogP contribution in [0.4, 0.5) is 0 Å². The number of rotatable bonds is 1. The van der Waals surface area contributed by atoms with E-state index in [0.29, 0.717) is 0 Å². The Bertz CT molecular complexity index is 448. The summed E-state index contributed by atoms with van der Waals surface area (Å²) in [6.07, 6.45) is 3.94. The Labute approximate surface area is 77.1 Å². The average molecular weight is 172 g/mol. The first-order chi connectivity index (χ1) is 6.27. The van der Waals surface area contributed by atoms with Gasteiger partial charge in [-0.05, 0) is 19.1 Å². The quantitative estimate of drug-likeness (QED) is 0.681. The van der Waals surface area contributed by atoms with Crippen molar-refractivity contribution in [3.05, 3.63) is 41.7 Å². The molecule has 0 radical (unpaired) electrons. The minimum Gasteiger partial charge on any atom is -0.402 e. The molecule has 2 heteroatoms. The van der Waals surface area contributed by atoms with Crippen molar-refractivity contribution in [2.75, 3.05) is 0 Å². The van der Waals surface area contributed by atoms with Gasteiger partial charge in [-0.25, -0.2) is 0 Å². The molecule has 1 aromatic carbocycles. The SMILES string of the molecule is CC(N)=Cc1c[nH]c2ccccc12. The van der Waals surface area contributed by atoms with Gasteiger partial charge in [-0.3, -0.25) is 0 Å². The standard InChI is InChI=1S/C11H12N2/c1-8(12)6-9-7-13-11-5-3-2-4-10(9)11/h2-7,13H,12H2,1H3. The van der Waals surface area contributed by atoms with Crippen LogP contribution in [0.1, 0.15) is 12.5 Å². The molecule has 0 saturated carbocycles. The lowest BCUT2D eigenvalue weighted by atomic mass is 10.1. The summed E-state index contributed by atoms with van der Waals surface area (Å²) in [5.74, 6) is 0. The molecule has 0 amide bonds. The van der Waals surface area contributed by atoms with Gasteiger partial charge in [-0.2, -0.15) is 0 Å². The molecular weight excluding hydrogens is 160 g/mol. The van der Waals surface area contributed by atoms with Crippen LogP contribution in [0.5, 0.6) is 0 Å². The highest BCUT2D eigenvalue weighted by molar-refractivity contribution is 5.88. The van der Waals surface area contributed by atoms with E-state index in [2.05, 4.69) is 17.1 Å². The summed E-state index contributed by atoms with van der Waals surface area (Å²) in [4.78, 5) is 3.19. The van der Waals surface area contributed by atoms with Crippen LogP contribution in [0, 0.1) is 0 Å². The Morgan fingerprint density at radius 2 is 2.15 bits per heavy atom. The number of nitrogens with one attached hydrogen (secondary N) is 1. The number of para-hydroxylation sites is 1. The molecular formula is C11H12N2. The second-order valence-electron chi connectivity index (χ2n) is 3.18. The highest BCUT2D eigenvalue weighted by Gasteiger charge is 1.98. The van der Waals surface area contributed by atoms with Crippen molar-refractivity contribution < 1.29 is 0 Å². The van der Waals surface area contributed by atoms with E-state index in [1.54, 1.807) is 0 Å². The summed E-state index contributed by atoms with van der Waals surface area (Å²) in [7, 11) is 0. The number of allylic oxidation sites excluding steroid dienone is 1. The van der Waals surface area contributed by atoms with Crippen LogP contribution in [0.3, 0.4) is 0 Å². The molecule has 2 aromatic rings. The fourth-order valence-electron chi connectivity index (χ4n) is 1.46. The molecule has 1 heterocycles. The summed E-state index contributed by atoms with van der Waals surface area (Å²) in [5, 5.41) is 1.22. The third-order valence-corrected chi connectivity index (χ3v) is 2.00. The Morgan fingerprint density at radius 1 is 1.38 bits per heavy atom. The molecule has 0 fully saturated rings. The van der Waals surface area contributed by atoms with E-state index < -0.39 is 0 Å². The lowest BCUT2D eigenvalue weighted by Gasteiger charge is -1.91. The Kier molecular flexibility index (Phi) is 1.81. The predicted molar refractivity (Wildman–Crippen MR) is 56.1 cm³/mol. The molecule has 0 spiro atoms. The smallest absolute Gasteiger partial charge is 0.0460 e. The van der Waals surface area contributed by atoms with Crippen LogP contribution in [-0.2, 0) is 0 Å². The van der Waals surface area contributed by atoms with E-state index in [1.165, 1.54) is 5.39 Å². The number of aromatic nitrogens is 1. The number of fused-ring (bicyclic) bond motifs is 1. The van der Waals surface area contributed by atoms with E-state index in [-0.39, 0.29) is 0 Å². The molecule has 0 aliphatic heterocycles. The van der Waals surface area contributed by atoms with E-state index >= 15 is 0 Å². The average Bonchev–Trinajstić information content (AvgIpc) is 2.48. The van der Waals surface area contributed by atoms with Crippen molar-refractivity contribution in [3.63, 3.8) is 0 Å². The van der Waals surface area contributed by atoms with E-state index in [9.17, 15) is 0 Å². The van der Waals surface area contributed by atoms with Crippen molar-refractivity contribution in [2.24, 2.45) is 5.73 Å². The van der Waals surface area contributed by atoms with Gasteiger partial charge in [0.05, 0.1) is 0 Å². The Balaban J connectivity index is 2.65. The number of nitrogens with two attached hydrogens (primary N) is 1. The highest BCUT2D eigenvalue weighted by atomic mass is 14.7. The van der Waals surface area contributed by atoms with Crippen molar-refractivity contribution in [1.82, 2.24) is 4.98 Å². The summed E-state index contributed by atoms with van der Waals surface area (Å²) in [6, 6.07) is 8.18. The monoisotopic (exact) mass is 172 g/mol. The lowest BCUT2D eigenvalue weighted by molar-refractivity contribution is 1.34. The molecule has 0 aliphatic rings. The maximum atomic E-state index is 5.62. The van der Waals surface area contributed by atoms with Crippen LogP contribution < -0.4 is 5.73 Å². The lowest BCUT2D eigenvalue weighted by Crippen LogP contribution is -1.88. The van der Waals surface area contributed by atoms with Gasteiger partial charge < -0.3 is 10.7 Å². The number of aromatic amines is 1. The molecule has 0 atom stereocenters. The molecule has 13 heavy (non-hydrogen) atoms. The third-order valence-electron chi connectivity index (χ3n) is 2.00. The first kappa shape index (κ1) is 7.92. The van der Waals surface area contributed by atoms with E-state index in [1.807, 2.05) is 31.3 Å². The van der Waals surface area contributed by atoms with Crippen molar-refractivity contribution >= 4 is 17.0 Å². The third kappa shape index (κ3) is 1.43. The minimum atomic E-state index is 0.824. The molecule has 2 nitrogen and oxygen atoms in total. The minimum absolute atomic E-state index is 0.824. The van der Waals surface area contributed by atoms with Gasteiger partial charge in [-0.1, -0.05) is 18.2 Å². The molecule has 3 N–H and O–H groups in total. The summed E-state index contributed by atoms with van der Waals surface area (Å²) >= 11 is 0. The number of H-pyrrole nitrogens is 1. The second kappa shape index (κ2) is 2.98. The number of hydrogen-bond donors (Lipinski definition) is 2. The van der Waals surface area contributed by atoms with Gasteiger partial charge in [0.15, 0.2) is 0 Å². The molecule has 0 aliphatic carbocycles. The summed E-state index contributed by atoms with van der Waals surface area (Å²) in [6.45, 7) is 1.89. The number of hydrogen-bond acceptors (Lipinski definition) is 1. The van der Waals surface area contributed by atoms with E-state index in [0.717, 1.165) is 16.8 Å². The normalized spacial score (nSPS) is 12.2. The molecule has 2 rings (SSSR count). The number of benzene rings is 1. The van der Waals surface area contributed by atoms with Gasteiger partial charge in [0.1, 0.15) is 0 Å². The molecule has 0 unspecified atom stereocenters. The van der Waals surface area contributed by atoms with Crippen LogP contribution in [-0.4, -0.2) is 4.98 Å². The van der Waals surface area contributed by atoms with Crippen molar-refractivity contribution in [3.8, 4) is 0 Å². The fourth-order valence-corrected chi connectivity index (χ4v) is 1.46. The molecule has 1 aromatic heterocycles.